The minimum absolute atomic E-state index is 0.0173. The maximum atomic E-state index is 12.0. The lowest BCUT2D eigenvalue weighted by atomic mass is 10.2. The van der Waals surface area contributed by atoms with Crippen molar-refractivity contribution in [1.29, 1.82) is 0 Å². The molecule has 1 N–H and O–H groups in total. The SMILES string of the molecule is CCO/C=C(\C(=O)OCC)C(O)=C(F)F. The Labute approximate surface area is 85.8 Å². The molecule has 15 heavy (non-hydrogen) atoms. The van der Waals surface area contributed by atoms with Gasteiger partial charge >= 0.3 is 12.0 Å². The number of ether oxygens (including phenoxy) is 2. The predicted molar refractivity (Wildman–Crippen MR) is 48.2 cm³/mol. The molecule has 0 aromatic heterocycles. The highest BCUT2D eigenvalue weighted by atomic mass is 19.3. The van der Waals surface area contributed by atoms with Crippen molar-refractivity contribution in [1.82, 2.24) is 0 Å². The zero-order valence-electron chi connectivity index (χ0n) is 8.42. The number of aliphatic hydroxyl groups excluding tert-OH is 1. The molecule has 0 spiro atoms. The standard InChI is InChI=1S/C9H12F2O4/c1-3-14-5-6(7(12)8(10)11)9(13)15-4-2/h5,12H,3-4H2,1-2H3/b6-5-. The molecule has 0 amide bonds. The van der Waals surface area contributed by atoms with Gasteiger partial charge in [0.15, 0.2) is 5.76 Å². The summed E-state index contributed by atoms with van der Waals surface area (Å²) in [5, 5.41) is 8.89. The van der Waals surface area contributed by atoms with Gasteiger partial charge in [-0.05, 0) is 13.8 Å². The van der Waals surface area contributed by atoms with Gasteiger partial charge in [-0.25, -0.2) is 4.79 Å². The molecule has 0 unspecified atom stereocenters. The molecule has 0 aromatic rings. The summed E-state index contributed by atoms with van der Waals surface area (Å²) in [4.78, 5) is 11.1. The molecular weight excluding hydrogens is 210 g/mol. The Bertz CT molecular complexity index is 280. The molecule has 86 valence electrons. The molecule has 4 nitrogen and oxygen atoms in total. The van der Waals surface area contributed by atoms with Crippen LogP contribution in [-0.4, -0.2) is 24.3 Å². The fraction of sp³-hybridized carbons (Fsp3) is 0.444. The van der Waals surface area contributed by atoms with Crippen LogP contribution in [0.5, 0.6) is 0 Å². The number of carbonyl (C=O) groups excluding carboxylic acids is 1. The molecule has 0 fully saturated rings. The summed E-state index contributed by atoms with van der Waals surface area (Å²) in [7, 11) is 0. The van der Waals surface area contributed by atoms with Gasteiger partial charge in [-0.1, -0.05) is 0 Å². The largest absolute Gasteiger partial charge is 0.502 e. The van der Waals surface area contributed by atoms with Crippen LogP contribution in [0.15, 0.2) is 23.7 Å². The third-order valence-electron chi connectivity index (χ3n) is 1.30. The molecule has 0 aliphatic carbocycles. The Kier molecular flexibility index (Phi) is 6.08. The lowest BCUT2D eigenvalue weighted by molar-refractivity contribution is -0.138. The molecular formula is C9H12F2O4. The second-order valence-corrected chi connectivity index (χ2v) is 2.32. The summed E-state index contributed by atoms with van der Waals surface area (Å²) in [6.45, 7) is 3.32. The van der Waals surface area contributed by atoms with E-state index in [2.05, 4.69) is 9.47 Å². The van der Waals surface area contributed by atoms with Crippen LogP contribution in [0.25, 0.3) is 0 Å². The average Bonchev–Trinajstić information content (AvgIpc) is 2.18. The second-order valence-electron chi connectivity index (χ2n) is 2.32. The van der Waals surface area contributed by atoms with Gasteiger partial charge in [0.25, 0.3) is 0 Å². The minimum Gasteiger partial charge on any atom is -0.502 e. The van der Waals surface area contributed by atoms with Crippen molar-refractivity contribution in [2.24, 2.45) is 0 Å². The highest BCUT2D eigenvalue weighted by molar-refractivity contribution is 5.92. The van der Waals surface area contributed by atoms with E-state index in [0.29, 0.717) is 0 Å². The van der Waals surface area contributed by atoms with Crippen molar-refractivity contribution in [3.05, 3.63) is 23.7 Å². The number of hydrogen-bond donors (Lipinski definition) is 1. The van der Waals surface area contributed by atoms with E-state index in [9.17, 15) is 13.6 Å². The van der Waals surface area contributed by atoms with Crippen LogP contribution in [0, 0.1) is 0 Å². The number of aliphatic hydroxyl groups is 1. The van der Waals surface area contributed by atoms with E-state index in [0.717, 1.165) is 6.26 Å². The molecule has 0 aliphatic rings. The van der Waals surface area contributed by atoms with Crippen LogP contribution in [0.4, 0.5) is 8.78 Å². The van der Waals surface area contributed by atoms with Gasteiger partial charge in [0.05, 0.1) is 13.2 Å². The predicted octanol–water partition coefficient (Wildman–Crippen LogP) is 2.14. The Morgan fingerprint density at radius 1 is 1.33 bits per heavy atom. The smallest absolute Gasteiger partial charge is 0.345 e. The van der Waals surface area contributed by atoms with Crippen LogP contribution < -0.4 is 0 Å². The second kappa shape index (κ2) is 6.80. The van der Waals surface area contributed by atoms with Crippen LogP contribution in [0.1, 0.15) is 13.8 Å². The van der Waals surface area contributed by atoms with E-state index in [-0.39, 0.29) is 13.2 Å². The van der Waals surface area contributed by atoms with Crippen molar-refractivity contribution in [3.63, 3.8) is 0 Å². The first-order valence-electron chi connectivity index (χ1n) is 4.28. The van der Waals surface area contributed by atoms with Crippen molar-refractivity contribution in [2.45, 2.75) is 13.8 Å². The van der Waals surface area contributed by atoms with Gasteiger partial charge in [0.2, 0.25) is 0 Å². The average molecular weight is 222 g/mol. The van der Waals surface area contributed by atoms with Crippen molar-refractivity contribution in [3.8, 4) is 0 Å². The normalized spacial score (nSPS) is 10.8. The number of rotatable bonds is 5. The number of halogens is 2. The van der Waals surface area contributed by atoms with Gasteiger partial charge in [0, 0.05) is 0 Å². The van der Waals surface area contributed by atoms with Gasteiger partial charge in [0.1, 0.15) is 11.8 Å². The first kappa shape index (κ1) is 13.4. The van der Waals surface area contributed by atoms with Crippen molar-refractivity contribution < 1.29 is 28.2 Å². The Balaban J connectivity index is 4.90. The van der Waals surface area contributed by atoms with E-state index in [1.807, 2.05) is 0 Å². The van der Waals surface area contributed by atoms with Crippen LogP contribution in [-0.2, 0) is 14.3 Å². The molecule has 0 aliphatic heterocycles. The third-order valence-corrected chi connectivity index (χ3v) is 1.30. The van der Waals surface area contributed by atoms with E-state index in [1.165, 1.54) is 6.92 Å². The Morgan fingerprint density at radius 2 is 1.93 bits per heavy atom. The van der Waals surface area contributed by atoms with Gasteiger partial charge in [-0.2, -0.15) is 8.78 Å². The molecule has 0 saturated carbocycles. The molecule has 0 heterocycles. The maximum Gasteiger partial charge on any atom is 0.345 e. The fourth-order valence-electron chi connectivity index (χ4n) is 0.678. The van der Waals surface area contributed by atoms with Crippen LogP contribution in [0.3, 0.4) is 0 Å². The number of hydrogen-bond acceptors (Lipinski definition) is 4. The quantitative estimate of drug-likeness (QED) is 0.335. The van der Waals surface area contributed by atoms with E-state index in [1.54, 1.807) is 6.92 Å². The summed E-state index contributed by atoms with van der Waals surface area (Å²) < 4.78 is 33.2. The number of carbonyl (C=O) groups is 1. The zero-order valence-corrected chi connectivity index (χ0v) is 8.42. The zero-order chi connectivity index (χ0) is 11.8. The first-order valence-corrected chi connectivity index (χ1v) is 4.28. The Morgan fingerprint density at radius 3 is 2.33 bits per heavy atom. The van der Waals surface area contributed by atoms with E-state index >= 15 is 0 Å². The van der Waals surface area contributed by atoms with E-state index < -0.39 is 23.4 Å². The lowest BCUT2D eigenvalue weighted by Crippen LogP contribution is -2.10. The molecule has 0 saturated heterocycles. The molecule has 0 rings (SSSR count). The lowest BCUT2D eigenvalue weighted by Gasteiger charge is -2.05. The third kappa shape index (κ3) is 4.44. The summed E-state index contributed by atoms with van der Waals surface area (Å²) in [6.07, 6.45) is -1.62. The monoisotopic (exact) mass is 222 g/mol. The first-order chi connectivity index (χ1) is 7.04. The van der Waals surface area contributed by atoms with Gasteiger partial charge in [-0.15, -0.1) is 0 Å². The minimum atomic E-state index is -2.37. The number of esters is 1. The van der Waals surface area contributed by atoms with Crippen LogP contribution in [0.2, 0.25) is 0 Å². The summed E-state index contributed by atoms with van der Waals surface area (Å²) in [6, 6.07) is 0. The highest BCUT2D eigenvalue weighted by Gasteiger charge is 2.20. The van der Waals surface area contributed by atoms with Crippen molar-refractivity contribution in [2.75, 3.05) is 13.2 Å². The summed E-state index contributed by atoms with van der Waals surface area (Å²) >= 11 is 0. The molecule has 0 atom stereocenters. The molecule has 0 aromatic carbocycles. The van der Waals surface area contributed by atoms with Gasteiger partial charge < -0.3 is 14.6 Å². The topological polar surface area (TPSA) is 55.8 Å². The Hall–Kier alpha value is -1.59. The summed E-state index contributed by atoms with van der Waals surface area (Å²) in [5.41, 5.74) is -0.696. The highest BCUT2D eigenvalue weighted by Crippen LogP contribution is 2.16. The van der Waals surface area contributed by atoms with Gasteiger partial charge in [-0.3, -0.25) is 0 Å². The van der Waals surface area contributed by atoms with Crippen LogP contribution >= 0.6 is 0 Å². The van der Waals surface area contributed by atoms with E-state index in [4.69, 9.17) is 5.11 Å². The maximum absolute atomic E-state index is 12.0. The fourth-order valence-corrected chi connectivity index (χ4v) is 0.678. The molecule has 6 heteroatoms. The summed E-state index contributed by atoms with van der Waals surface area (Å²) in [5.74, 6) is -2.49. The molecule has 0 radical (unpaired) electrons. The molecule has 0 bridgehead atoms. The van der Waals surface area contributed by atoms with Crippen molar-refractivity contribution >= 4 is 5.97 Å².